The summed E-state index contributed by atoms with van der Waals surface area (Å²) in [7, 11) is 1.56. The SMILES string of the molecule is CN(CCC#N)C(=O)COc1ccc([N+](=O)[O-])cc1Cl. The number of carbonyl (C=O) groups is 1. The molecule has 1 rings (SSSR count). The standard InChI is InChI=1S/C12H12ClN3O4/c1-15(6-2-5-14)12(17)8-20-11-4-3-9(16(18)19)7-10(11)13/h3-4,7H,2,6,8H2,1H3. The first-order valence-corrected chi connectivity index (χ1v) is 6.01. The van der Waals surface area contributed by atoms with Crippen molar-refractivity contribution in [3.05, 3.63) is 33.3 Å². The molecule has 7 nitrogen and oxygen atoms in total. The monoisotopic (exact) mass is 297 g/mol. The molecule has 1 aromatic rings. The molecule has 0 spiro atoms. The van der Waals surface area contributed by atoms with Crippen molar-refractivity contribution in [2.45, 2.75) is 6.42 Å². The summed E-state index contributed by atoms with van der Waals surface area (Å²) in [4.78, 5) is 23.0. The molecule has 0 unspecified atom stereocenters. The van der Waals surface area contributed by atoms with Crippen molar-refractivity contribution in [3.63, 3.8) is 0 Å². The van der Waals surface area contributed by atoms with Crippen LogP contribution in [0.1, 0.15) is 6.42 Å². The summed E-state index contributed by atoms with van der Waals surface area (Å²) in [6, 6.07) is 5.66. The molecule has 0 saturated carbocycles. The molecule has 0 N–H and O–H groups in total. The number of amides is 1. The first kappa shape index (κ1) is 15.7. The van der Waals surface area contributed by atoms with Crippen molar-refractivity contribution in [2.75, 3.05) is 20.2 Å². The van der Waals surface area contributed by atoms with E-state index >= 15 is 0 Å². The lowest BCUT2D eigenvalue weighted by Gasteiger charge is -2.16. The Morgan fingerprint density at radius 3 is 2.85 bits per heavy atom. The fourth-order valence-electron chi connectivity index (χ4n) is 1.31. The molecule has 0 aromatic heterocycles. The summed E-state index contributed by atoms with van der Waals surface area (Å²) in [6.07, 6.45) is 0.237. The third kappa shape index (κ3) is 4.40. The molecule has 1 amide bonds. The molecule has 0 saturated heterocycles. The number of nitro groups is 1. The van der Waals surface area contributed by atoms with Gasteiger partial charge in [0.2, 0.25) is 0 Å². The fourth-order valence-corrected chi connectivity index (χ4v) is 1.54. The number of ether oxygens (including phenoxy) is 1. The molecule has 0 aliphatic heterocycles. The van der Waals surface area contributed by atoms with Crippen molar-refractivity contribution in [3.8, 4) is 11.8 Å². The molecule has 20 heavy (non-hydrogen) atoms. The summed E-state index contributed by atoms with van der Waals surface area (Å²) in [5.41, 5.74) is -0.153. The number of hydrogen-bond donors (Lipinski definition) is 0. The maximum Gasteiger partial charge on any atom is 0.271 e. The number of hydrogen-bond acceptors (Lipinski definition) is 5. The average molecular weight is 298 g/mol. The van der Waals surface area contributed by atoms with Gasteiger partial charge in [0.15, 0.2) is 6.61 Å². The second-order valence-corrected chi connectivity index (χ2v) is 4.29. The predicted molar refractivity (Wildman–Crippen MR) is 71.5 cm³/mol. The number of benzene rings is 1. The van der Waals surface area contributed by atoms with E-state index < -0.39 is 4.92 Å². The topological polar surface area (TPSA) is 96.5 Å². The number of nitriles is 1. The van der Waals surface area contributed by atoms with Crippen LogP contribution in [-0.4, -0.2) is 35.9 Å². The second-order valence-electron chi connectivity index (χ2n) is 3.88. The molecule has 0 heterocycles. The highest BCUT2D eigenvalue weighted by atomic mass is 35.5. The van der Waals surface area contributed by atoms with Crippen LogP contribution in [0.4, 0.5) is 5.69 Å². The van der Waals surface area contributed by atoms with Gasteiger partial charge in [-0.05, 0) is 6.07 Å². The zero-order valence-corrected chi connectivity index (χ0v) is 11.5. The predicted octanol–water partition coefficient (Wildman–Crippen LogP) is 2.00. The van der Waals surface area contributed by atoms with Gasteiger partial charge in [-0.2, -0.15) is 5.26 Å². The third-order valence-electron chi connectivity index (χ3n) is 2.46. The zero-order chi connectivity index (χ0) is 15.1. The average Bonchev–Trinajstić information content (AvgIpc) is 2.42. The van der Waals surface area contributed by atoms with E-state index in [-0.39, 0.29) is 35.4 Å². The van der Waals surface area contributed by atoms with Crippen LogP contribution < -0.4 is 4.74 Å². The highest BCUT2D eigenvalue weighted by Crippen LogP contribution is 2.28. The summed E-state index contributed by atoms with van der Waals surface area (Å²) in [5, 5.41) is 19.0. The molecular weight excluding hydrogens is 286 g/mol. The summed E-state index contributed by atoms with van der Waals surface area (Å²) >= 11 is 5.82. The Kier molecular flexibility index (Phi) is 5.74. The molecule has 0 fully saturated rings. The maximum atomic E-state index is 11.6. The van der Waals surface area contributed by atoms with Crippen molar-refractivity contribution in [1.82, 2.24) is 4.90 Å². The number of nitrogens with zero attached hydrogens (tertiary/aromatic N) is 3. The number of rotatable bonds is 6. The first-order chi connectivity index (χ1) is 9.45. The van der Waals surface area contributed by atoms with E-state index in [1.165, 1.54) is 17.0 Å². The first-order valence-electron chi connectivity index (χ1n) is 5.63. The van der Waals surface area contributed by atoms with Gasteiger partial charge in [-0.25, -0.2) is 0 Å². The number of carbonyl (C=O) groups excluding carboxylic acids is 1. The van der Waals surface area contributed by atoms with Crippen LogP contribution in [0.5, 0.6) is 5.75 Å². The largest absolute Gasteiger partial charge is 0.482 e. The van der Waals surface area contributed by atoms with Gasteiger partial charge in [0.25, 0.3) is 11.6 Å². The fraction of sp³-hybridized carbons (Fsp3) is 0.333. The lowest BCUT2D eigenvalue weighted by Crippen LogP contribution is -2.32. The van der Waals surface area contributed by atoms with E-state index in [1.54, 1.807) is 7.05 Å². The zero-order valence-electron chi connectivity index (χ0n) is 10.7. The van der Waals surface area contributed by atoms with Crippen LogP contribution >= 0.6 is 11.6 Å². The van der Waals surface area contributed by atoms with Gasteiger partial charge >= 0.3 is 0 Å². The van der Waals surface area contributed by atoms with E-state index in [1.807, 2.05) is 6.07 Å². The molecule has 8 heteroatoms. The van der Waals surface area contributed by atoms with Crippen molar-refractivity contribution >= 4 is 23.2 Å². The molecule has 0 aliphatic carbocycles. The lowest BCUT2D eigenvalue weighted by atomic mass is 10.3. The summed E-state index contributed by atoms with van der Waals surface area (Å²) in [6.45, 7) is 0.0617. The lowest BCUT2D eigenvalue weighted by molar-refractivity contribution is -0.384. The highest BCUT2D eigenvalue weighted by molar-refractivity contribution is 6.32. The molecule has 0 bridgehead atoms. The third-order valence-corrected chi connectivity index (χ3v) is 2.76. The van der Waals surface area contributed by atoms with Crippen LogP contribution in [0.3, 0.4) is 0 Å². The normalized spacial score (nSPS) is 9.65. The number of likely N-dealkylation sites (N-methyl/N-ethyl adjacent to an activating group) is 1. The summed E-state index contributed by atoms with van der Waals surface area (Å²) < 4.78 is 5.21. The Bertz CT molecular complexity index is 556. The second kappa shape index (κ2) is 7.31. The van der Waals surface area contributed by atoms with Gasteiger partial charge in [0, 0.05) is 25.7 Å². The number of non-ortho nitro benzene ring substituents is 1. The van der Waals surface area contributed by atoms with Crippen LogP contribution in [0, 0.1) is 21.4 Å². The van der Waals surface area contributed by atoms with Crippen LogP contribution in [0.2, 0.25) is 5.02 Å². The Labute approximate surface area is 120 Å². The smallest absolute Gasteiger partial charge is 0.271 e. The molecule has 0 radical (unpaired) electrons. The van der Waals surface area contributed by atoms with E-state index in [2.05, 4.69) is 0 Å². The van der Waals surface area contributed by atoms with Crippen molar-refractivity contribution in [2.24, 2.45) is 0 Å². The van der Waals surface area contributed by atoms with Crippen molar-refractivity contribution < 1.29 is 14.5 Å². The molecule has 106 valence electrons. The van der Waals surface area contributed by atoms with Crippen LogP contribution in [0.25, 0.3) is 0 Å². The van der Waals surface area contributed by atoms with Crippen LogP contribution in [0.15, 0.2) is 18.2 Å². The van der Waals surface area contributed by atoms with E-state index in [4.69, 9.17) is 21.6 Å². The number of halogens is 1. The van der Waals surface area contributed by atoms with E-state index in [0.717, 1.165) is 6.07 Å². The highest BCUT2D eigenvalue weighted by Gasteiger charge is 2.13. The molecule has 0 atom stereocenters. The van der Waals surface area contributed by atoms with E-state index in [9.17, 15) is 14.9 Å². The van der Waals surface area contributed by atoms with Gasteiger partial charge in [0.05, 0.1) is 22.4 Å². The minimum atomic E-state index is -0.573. The van der Waals surface area contributed by atoms with Crippen LogP contribution in [-0.2, 0) is 4.79 Å². The Morgan fingerprint density at radius 2 is 2.30 bits per heavy atom. The minimum Gasteiger partial charge on any atom is -0.482 e. The van der Waals surface area contributed by atoms with Gasteiger partial charge in [-0.3, -0.25) is 14.9 Å². The quantitative estimate of drug-likeness (QED) is 0.591. The van der Waals surface area contributed by atoms with Gasteiger partial charge in [-0.15, -0.1) is 0 Å². The maximum absolute atomic E-state index is 11.6. The Hall–Kier alpha value is -2.33. The molecule has 1 aromatic carbocycles. The van der Waals surface area contributed by atoms with Gasteiger partial charge in [-0.1, -0.05) is 11.6 Å². The molecule has 0 aliphatic rings. The number of nitro benzene ring substituents is 1. The molecular formula is C12H12ClN3O4. The van der Waals surface area contributed by atoms with E-state index in [0.29, 0.717) is 6.54 Å². The minimum absolute atomic E-state index is 0.0617. The van der Waals surface area contributed by atoms with Gasteiger partial charge < -0.3 is 9.64 Å². The van der Waals surface area contributed by atoms with Crippen molar-refractivity contribution in [1.29, 1.82) is 5.26 Å². The summed E-state index contributed by atoms with van der Waals surface area (Å²) in [5.74, 6) is -0.117. The Balaban J connectivity index is 2.60. The van der Waals surface area contributed by atoms with Gasteiger partial charge in [0.1, 0.15) is 5.75 Å². The Morgan fingerprint density at radius 1 is 1.60 bits per heavy atom.